The van der Waals surface area contributed by atoms with Gasteiger partial charge in [-0.15, -0.1) is 0 Å². The van der Waals surface area contributed by atoms with Crippen molar-refractivity contribution < 1.29 is 14.1 Å². The van der Waals surface area contributed by atoms with Crippen molar-refractivity contribution in [1.29, 1.82) is 0 Å². The quantitative estimate of drug-likeness (QED) is 0.450. The van der Waals surface area contributed by atoms with E-state index in [2.05, 4.69) is 0 Å². The van der Waals surface area contributed by atoms with Crippen molar-refractivity contribution in [3.8, 4) is 0 Å². The van der Waals surface area contributed by atoms with Crippen molar-refractivity contribution in [3.05, 3.63) is 0 Å². The summed E-state index contributed by atoms with van der Waals surface area (Å²) in [5.41, 5.74) is 0. The summed E-state index contributed by atoms with van der Waals surface area (Å²) in [6.07, 6.45) is 0. The predicted molar refractivity (Wildman–Crippen MR) is 26.6 cm³/mol. The van der Waals surface area contributed by atoms with E-state index in [1.54, 1.807) is 0 Å². The van der Waals surface area contributed by atoms with E-state index in [0.717, 1.165) is 0 Å². The van der Waals surface area contributed by atoms with Crippen LogP contribution in [-0.4, -0.2) is 119 Å². The molecule has 0 amide bonds. The molecule has 0 heterocycles. The molecule has 0 atom stereocenters. The molecule has 6 heteroatoms. The summed E-state index contributed by atoms with van der Waals surface area (Å²) in [4.78, 5) is 14.3. The van der Waals surface area contributed by atoms with E-state index in [0.29, 0.717) is 0 Å². The molecule has 0 aromatic carbocycles. The number of hydrogen-bond acceptors (Lipinski definition) is 1. The molecule has 3 nitrogen and oxygen atoms in total. The predicted octanol–water partition coefficient (Wildman–Crippen LogP) is -3.18. The second-order valence-electron chi connectivity index (χ2n) is 0.283. The molecule has 0 aliphatic carbocycles. The molecule has 0 fully saturated rings. The van der Waals surface area contributed by atoms with Crippen molar-refractivity contribution in [2.24, 2.45) is 0 Å². The Labute approximate surface area is 120 Å². The Morgan fingerprint density at radius 1 is 1.33 bits per heavy atom. The second-order valence-corrected chi connectivity index (χ2v) is 0.848. The normalized spacial score (nSPS) is 4.00. The van der Waals surface area contributed by atoms with E-state index in [1.807, 2.05) is 0 Å². The van der Waals surface area contributed by atoms with Crippen LogP contribution in [0, 0.1) is 0 Å². The van der Waals surface area contributed by atoms with Gasteiger partial charge in [-0.2, -0.15) is 0 Å². The summed E-state index contributed by atoms with van der Waals surface area (Å²) < 4.78 is 8.74. The molecule has 6 heavy (non-hydrogen) atoms. The van der Waals surface area contributed by atoms with Gasteiger partial charge >= 0.3 is 109 Å². The van der Waals surface area contributed by atoms with Gasteiger partial charge in [0, 0.05) is 0 Å². The zero-order valence-electron chi connectivity index (χ0n) is 1.80. The molecular weight excluding hydrogens is 253 g/mol. The molecule has 30 valence electrons. The fourth-order valence-electron chi connectivity index (χ4n) is 0. The molecule has 0 spiro atoms. The minimum atomic E-state index is -3.13. The number of hydrogen-bond donors (Lipinski definition) is 2. The van der Waals surface area contributed by atoms with Gasteiger partial charge in [-0.25, -0.2) is 0 Å². The van der Waals surface area contributed by atoms with Gasteiger partial charge in [0.05, 0.1) is 0 Å². The van der Waals surface area contributed by atoms with Crippen LogP contribution in [0.25, 0.3) is 0 Å². The van der Waals surface area contributed by atoms with Crippen molar-refractivity contribution in [2.75, 3.05) is 0 Å². The maximum absolute atomic E-state index is 8.74. The van der Waals surface area contributed by atoms with E-state index >= 15 is 0 Å². The first-order valence-corrected chi connectivity index (χ1v) is 1.95. The van der Waals surface area contributed by atoms with Crippen LogP contribution < -0.4 is 0 Å². The Bertz CT molecular complexity index is 33.8. The zero-order valence-corrected chi connectivity index (χ0v) is 2.80. The van der Waals surface area contributed by atoms with Gasteiger partial charge in [-0.05, 0) is 0 Å². The van der Waals surface area contributed by atoms with Crippen LogP contribution >= 0.6 is 0 Å². The standard InChI is InChI=1S/Ba.K.H2O3Si.3H/c;;1-4(2)3;;;/h;;1-2H;;;. The van der Waals surface area contributed by atoms with Crippen LogP contribution in [0.15, 0.2) is 0 Å². The summed E-state index contributed by atoms with van der Waals surface area (Å²) in [5, 5.41) is 0. The molecule has 2 N–H and O–H groups in total. The molecule has 0 saturated heterocycles. The first-order valence-electron chi connectivity index (χ1n) is 0.651. The molecule has 0 saturated carbocycles. The average molecular weight is 258 g/mol. The molecular formula is H5BaKO3Si. The Morgan fingerprint density at radius 3 is 1.33 bits per heavy atom. The van der Waals surface area contributed by atoms with E-state index in [1.165, 1.54) is 0 Å². The van der Waals surface area contributed by atoms with Crippen LogP contribution in [-0.2, 0) is 4.46 Å². The minimum absolute atomic E-state index is 0. The van der Waals surface area contributed by atoms with Gasteiger partial charge in [0.2, 0.25) is 0 Å². The van der Waals surface area contributed by atoms with Crippen LogP contribution in [0.2, 0.25) is 0 Å². The summed E-state index contributed by atoms with van der Waals surface area (Å²) in [7, 11) is -3.13. The van der Waals surface area contributed by atoms with Crippen LogP contribution in [0.5, 0.6) is 0 Å². The van der Waals surface area contributed by atoms with Crippen LogP contribution in [0.3, 0.4) is 0 Å². The van der Waals surface area contributed by atoms with E-state index in [-0.39, 0.29) is 100 Å². The van der Waals surface area contributed by atoms with Crippen LogP contribution in [0.1, 0.15) is 0 Å². The summed E-state index contributed by atoms with van der Waals surface area (Å²) in [6, 6.07) is 0. The van der Waals surface area contributed by atoms with Crippen molar-refractivity contribution in [2.45, 2.75) is 0 Å². The molecule has 0 bridgehead atoms. The van der Waals surface area contributed by atoms with Gasteiger partial charge < -0.3 is 9.59 Å². The van der Waals surface area contributed by atoms with Crippen molar-refractivity contribution in [3.63, 3.8) is 0 Å². The van der Waals surface area contributed by atoms with Gasteiger partial charge in [0.25, 0.3) is 0 Å². The first kappa shape index (κ1) is 15.9. The Hall–Kier alpha value is 2.82. The summed E-state index contributed by atoms with van der Waals surface area (Å²) in [6.45, 7) is 0. The van der Waals surface area contributed by atoms with Crippen LogP contribution in [0.4, 0.5) is 0 Å². The van der Waals surface area contributed by atoms with E-state index in [4.69, 9.17) is 14.1 Å². The molecule has 0 rings (SSSR count). The molecule has 0 aliphatic rings. The SMILES string of the molecule is O=[Si](O)O.[BaH2].[KH]. The fourth-order valence-corrected chi connectivity index (χ4v) is 0. The third-order valence-electron chi connectivity index (χ3n) is 0. The average Bonchev–Trinajstić information content (AvgIpc) is 0.811. The first-order chi connectivity index (χ1) is 1.73. The molecule has 0 aliphatic heterocycles. The third-order valence-corrected chi connectivity index (χ3v) is 0. The Balaban J connectivity index is -0.0000000450. The Morgan fingerprint density at radius 2 is 1.33 bits per heavy atom. The molecule has 0 aromatic heterocycles. The zero-order chi connectivity index (χ0) is 3.58. The third kappa shape index (κ3) is 29.0. The van der Waals surface area contributed by atoms with Gasteiger partial charge in [0.15, 0.2) is 0 Å². The van der Waals surface area contributed by atoms with E-state index < -0.39 is 9.17 Å². The Kier molecular flexibility index (Phi) is 28.5. The van der Waals surface area contributed by atoms with Gasteiger partial charge in [-0.1, -0.05) is 0 Å². The monoisotopic (exact) mass is 258 g/mol. The summed E-state index contributed by atoms with van der Waals surface area (Å²) >= 11 is 0. The van der Waals surface area contributed by atoms with Crippen molar-refractivity contribution in [1.82, 2.24) is 0 Å². The number of rotatable bonds is 0. The van der Waals surface area contributed by atoms with Gasteiger partial charge in [0.1, 0.15) is 0 Å². The van der Waals surface area contributed by atoms with Gasteiger partial charge in [-0.3, -0.25) is 4.46 Å². The summed E-state index contributed by atoms with van der Waals surface area (Å²) in [5.74, 6) is 0. The topological polar surface area (TPSA) is 57.5 Å². The van der Waals surface area contributed by atoms with Crippen molar-refractivity contribution >= 4 is 109 Å². The molecule has 0 radical (unpaired) electrons. The second kappa shape index (κ2) is 10.7. The molecule has 0 aromatic rings. The van der Waals surface area contributed by atoms with E-state index in [9.17, 15) is 0 Å². The molecule has 0 unspecified atom stereocenters. The maximum atomic E-state index is 8.74. The fraction of sp³-hybridized carbons (Fsp3) is 0.